The van der Waals surface area contributed by atoms with Gasteiger partial charge in [0.05, 0.1) is 18.9 Å². The van der Waals surface area contributed by atoms with Crippen molar-refractivity contribution in [1.82, 2.24) is 4.98 Å². The lowest BCUT2D eigenvalue weighted by Crippen LogP contribution is -2.40. The van der Waals surface area contributed by atoms with Crippen molar-refractivity contribution in [2.24, 2.45) is 5.73 Å². The molecule has 17 heavy (non-hydrogen) atoms. The largest absolute Gasteiger partial charge is 0.370 e. The second kappa shape index (κ2) is 4.27. The highest BCUT2D eigenvalue weighted by molar-refractivity contribution is 5.45. The Labute approximate surface area is 102 Å². The Kier molecular flexibility index (Phi) is 2.76. The average molecular weight is 233 g/mol. The Balaban J connectivity index is 1.90. The topological polar surface area (TPSA) is 51.4 Å². The summed E-state index contributed by atoms with van der Waals surface area (Å²) in [5, 5.41) is 0. The van der Waals surface area contributed by atoms with E-state index in [1.165, 1.54) is 18.4 Å². The van der Waals surface area contributed by atoms with Gasteiger partial charge >= 0.3 is 0 Å². The number of pyridine rings is 1. The first-order valence-corrected chi connectivity index (χ1v) is 6.34. The van der Waals surface area contributed by atoms with Crippen LogP contribution in [0.4, 0.5) is 5.82 Å². The fourth-order valence-electron chi connectivity index (χ4n) is 2.42. The molecule has 1 aromatic heterocycles. The minimum Gasteiger partial charge on any atom is -0.370 e. The maximum atomic E-state index is 5.79. The molecule has 1 aromatic rings. The van der Waals surface area contributed by atoms with Gasteiger partial charge in [0.2, 0.25) is 0 Å². The van der Waals surface area contributed by atoms with Crippen molar-refractivity contribution in [1.29, 1.82) is 0 Å². The molecule has 3 rings (SSSR count). The number of nitrogens with two attached hydrogens (primary N) is 1. The fraction of sp³-hybridized carbons (Fsp3) is 0.615. The Hall–Kier alpha value is -1.13. The van der Waals surface area contributed by atoms with Gasteiger partial charge in [-0.15, -0.1) is 0 Å². The fourth-order valence-corrected chi connectivity index (χ4v) is 2.42. The molecule has 1 saturated carbocycles. The number of hydrogen-bond donors (Lipinski definition) is 1. The summed E-state index contributed by atoms with van der Waals surface area (Å²) in [5.74, 6) is 1.06. The van der Waals surface area contributed by atoms with E-state index in [0.29, 0.717) is 31.8 Å². The minimum atomic E-state index is 0.357. The predicted octanol–water partition coefficient (Wildman–Crippen LogP) is 1.43. The monoisotopic (exact) mass is 233 g/mol. The van der Waals surface area contributed by atoms with Gasteiger partial charge in [0, 0.05) is 24.2 Å². The van der Waals surface area contributed by atoms with Gasteiger partial charge in [0.1, 0.15) is 5.82 Å². The van der Waals surface area contributed by atoms with Crippen LogP contribution in [-0.2, 0) is 18.0 Å². The third-order valence-corrected chi connectivity index (χ3v) is 3.57. The molecular formula is C13H19N3O. The van der Waals surface area contributed by atoms with Crippen LogP contribution in [0.2, 0.25) is 0 Å². The minimum absolute atomic E-state index is 0.357. The van der Waals surface area contributed by atoms with Crippen molar-refractivity contribution in [3.63, 3.8) is 0 Å². The zero-order valence-electron chi connectivity index (χ0n) is 10.2. The highest BCUT2D eigenvalue weighted by Gasteiger charge is 2.33. The Morgan fingerprint density at radius 3 is 3.00 bits per heavy atom. The molecule has 0 amide bonds. The summed E-state index contributed by atoms with van der Waals surface area (Å²) in [5.41, 5.74) is 8.12. The van der Waals surface area contributed by atoms with E-state index in [1.807, 2.05) is 0 Å². The summed E-state index contributed by atoms with van der Waals surface area (Å²) >= 11 is 0. The summed E-state index contributed by atoms with van der Waals surface area (Å²) < 4.78 is 5.41. The summed E-state index contributed by atoms with van der Waals surface area (Å²) in [6, 6.07) is 5.25. The van der Waals surface area contributed by atoms with Crippen LogP contribution in [0.1, 0.15) is 31.0 Å². The van der Waals surface area contributed by atoms with Gasteiger partial charge < -0.3 is 15.4 Å². The van der Waals surface area contributed by atoms with Crippen molar-refractivity contribution in [3.8, 4) is 0 Å². The zero-order chi connectivity index (χ0) is 11.8. The first-order chi connectivity index (χ1) is 8.29. The SMILES string of the molecule is CC(CN)N(c1ccc2c(n1)COC2)C1CC1. The molecule has 0 aromatic carbocycles. The summed E-state index contributed by atoms with van der Waals surface area (Å²) in [6.07, 6.45) is 2.53. The van der Waals surface area contributed by atoms with E-state index in [4.69, 9.17) is 15.5 Å². The van der Waals surface area contributed by atoms with Gasteiger partial charge in [-0.05, 0) is 25.8 Å². The molecule has 0 saturated heterocycles. The van der Waals surface area contributed by atoms with Crippen LogP contribution in [0.15, 0.2) is 12.1 Å². The number of rotatable bonds is 4. The van der Waals surface area contributed by atoms with E-state index in [0.717, 1.165) is 11.5 Å². The second-order valence-corrected chi connectivity index (χ2v) is 4.99. The van der Waals surface area contributed by atoms with Crippen LogP contribution < -0.4 is 10.6 Å². The van der Waals surface area contributed by atoms with Crippen LogP contribution in [0, 0.1) is 0 Å². The molecule has 4 nitrogen and oxygen atoms in total. The maximum Gasteiger partial charge on any atom is 0.129 e. The van der Waals surface area contributed by atoms with Crippen LogP contribution in [0.5, 0.6) is 0 Å². The van der Waals surface area contributed by atoms with Crippen LogP contribution in [0.3, 0.4) is 0 Å². The summed E-state index contributed by atoms with van der Waals surface area (Å²) in [6.45, 7) is 4.20. The van der Waals surface area contributed by atoms with Gasteiger partial charge in [0.25, 0.3) is 0 Å². The van der Waals surface area contributed by atoms with Crippen molar-refractivity contribution in [2.75, 3.05) is 11.4 Å². The molecule has 92 valence electrons. The smallest absolute Gasteiger partial charge is 0.129 e. The number of aromatic nitrogens is 1. The third kappa shape index (κ3) is 2.03. The molecule has 1 unspecified atom stereocenters. The zero-order valence-corrected chi connectivity index (χ0v) is 10.2. The van der Waals surface area contributed by atoms with Gasteiger partial charge in [-0.1, -0.05) is 6.07 Å². The molecule has 0 spiro atoms. The maximum absolute atomic E-state index is 5.79. The molecule has 2 heterocycles. The average Bonchev–Trinajstić information content (AvgIpc) is 3.06. The standard InChI is InChI=1S/C13H19N3O/c1-9(6-14)16(11-3-4-11)13-5-2-10-7-17-8-12(10)15-13/h2,5,9,11H,3-4,6-8,14H2,1H3. The van der Waals surface area contributed by atoms with E-state index in [-0.39, 0.29) is 0 Å². The molecule has 0 bridgehead atoms. The van der Waals surface area contributed by atoms with Gasteiger partial charge in [-0.3, -0.25) is 0 Å². The number of nitrogens with zero attached hydrogens (tertiary/aromatic N) is 2. The molecule has 1 atom stereocenters. The summed E-state index contributed by atoms with van der Waals surface area (Å²) in [7, 11) is 0. The quantitative estimate of drug-likeness (QED) is 0.854. The lowest BCUT2D eigenvalue weighted by Gasteiger charge is -2.29. The lowest BCUT2D eigenvalue weighted by atomic mass is 10.2. The highest BCUT2D eigenvalue weighted by Crippen LogP contribution is 2.33. The normalized spacial score (nSPS) is 20.1. The van der Waals surface area contributed by atoms with Crippen molar-refractivity contribution in [2.45, 2.75) is 45.1 Å². The molecule has 2 N–H and O–H groups in total. The Bertz CT molecular complexity index is 417. The van der Waals surface area contributed by atoms with Crippen LogP contribution >= 0.6 is 0 Å². The predicted molar refractivity (Wildman–Crippen MR) is 66.7 cm³/mol. The number of anilines is 1. The second-order valence-electron chi connectivity index (χ2n) is 4.99. The first kappa shape index (κ1) is 11.0. The van der Waals surface area contributed by atoms with E-state index in [1.54, 1.807) is 0 Å². The lowest BCUT2D eigenvalue weighted by molar-refractivity contribution is 0.133. The van der Waals surface area contributed by atoms with Crippen LogP contribution in [0.25, 0.3) is 0 Å². The molecule has 1 aliphatic carbocycles. The third-order valence-electron chi connectivity index (χ3n) is 3.57. The molecule has 4 heteroatoms. The van der Waals surface area contributed by atoms with Crippen LogP contribution in [-0.4, -0.2) is 23.6 Å². The number of ether oxygens (including phenoxy) is 1. The molecule has 1 aliphatic heterocycles. The first-order valence-electron chi connectivity index (χ1n) is 6.34. The Morgan fingerprint density at radius 2 is 2.29 bits per heavy atom. The molecule has 1 fully saturated rings. The molecular weight excluding hydrogens is 214 g/mol. The van der Waals surface area contributed by atoms with Crippen molar-refractivity contribution in [3.05, 3.63) is 23.4 Å². The molecule has 0 radical (unpaired) electrons. The number of hydrogen-bond acceptors (Lipinski definition) is 4. The van der Waals surface area contributed by atoms with Crippen molar-refractivity contribution >= 4 is 5.82 Å². The number of fused-ring (bicyclic) bond motifs is 1. The van der Waals surface area contributed by atoms with E-state index < -0.39 is 0 Å². The molecule has 2 aliphatic rings. The summed E-state index contributed by atoms with van der Waals surface area (Å²) in [4.78, 5) is 7.10. The van der Waals surface area contributed by atoms with Crippen molar-refractivity contribution < 1.29 is 4.74 Å². The van der Waals surface area contributed by atoms with Gasteiger partial charge in [-0.25, -0.2) is 4.98 Å². The van der Waals surface area contributed by atoms with Gasteiger partial charge in [0.15, 0.2) is 0 Å². The Morgan fingerprint density at radius 1 is 1.47 bits per heavy atom. The van der Waals surface area contributed by atoms with E-state index >= 15 is 0 Å². The highest BCUT2D eigenvalue weighted by atomic mass is 16.5. The van der Waals surface area contributed by atoms with E-state index in [9.17, 15) is 0 Å². The van der Waals surface area contributed by atoms with E-state index in [2.05, 4.69) is 24.0 Å². The van der Waals surface area contributed by atoms with Gasteiger partial charge in [-0.2, -0.15) is 0 Å².